The fourth-order valence-electron chi connectivity index (χ4n) is 3.65. The van der Waals surface area contributed by atoms with Crippen LogP contribution in [0.1, 0.15) is 43.2 Å². The van der Waals surface area contributed by atoms with Crippen molar-refractivity contribution in [3.8, 4) is 5.75 Å². The van der Waals surface area contributed by atoms with Gasteiger partial charge >= 0.3 is 6.18 Å². The molecule has 1 saturated carbocycles. The van der Waals surface area contributed by atoms with Crippen LogP contribution < -0.4 is 14.8 Å². The number of ether oxygens (including phenoxy) is 1. The summed E-state index contributed by atoms with van der Waals surface area (Å²) in [6.07, 6.45) is -0.0100. The largest absolute Gasteiger partial charge is 0.483 e. The predicted molar refractivity (Wildman–Crippen MR) is 119 cm³/mol. The van der Waals surface area contributed by atoms with Crippen LogP contribution in [0.5, 0.6) is 5.75 Å². The summed E-state index contributed by atoms with van der Waals surface area (Å²) in [6, 6.07) is 7.15. The molecule has 11 heteroatoms. The van der Waals surface area contributed by atoms with Crippen LogP contribution in [0.2, 0.25) is 5.02 Å². The first-order valence-electron chi connectivity index (χ1n) is 10.4. The van der Waals surface area contributed by atoms with Crippen molar-refractivity contribution in [3.05, 3.63) is 52.5 Å². The van der Waals surface area contributed by atoms with Gasteiger partial charge in [-0.25, -0.2) is 13.1 Å². The van der Waals surface area contributed by atoms with Crippen molar-refractivity contribution in [2.45, 2.75) is 56.1 Å². The van der Waals surface area contributed by atoms with Crippen LogP contribution in [-0.2, 0) is 21.0 Å². The molecule has 1 aliphatic carbocycles. The minimum atomic E-state index is -4.70. The van der Waals surface area contributed by atoms with Crippen molar-refractivity contribution in [2.75, 3.05) is 11.9 Å². The molecule has 6 nitrogen and oxygen atoms in total. The van der Waals surface area contributed by atoms with E-state index in [1.54, 1.807) is 6.92 Å². The molecule has 0 aliphatic heterocycles. The minimum absolute atomic E-state index is 0.0818. The van der Waals surface area contributed by atoms with Crippen LogP contribution in [0.4, 0.5) is 18.9 Å². The van der Waals surface area contributed by atoms with Crippen LogP contribution in [0.25, 0.3) is 0 Å². The number of alkyl halides is 3. The summed E-state index contributed by atoms with van der Waals surface area (Å²) in [7, 11) is -3.70. The van der Waals surface area contributed by atoms with Gasteiger partial charge in [0, 0.05) is 11.1 Å². The highest BCUT2D eigenvalue weighted by Gasteiger charge is 2.34. The van der Waals surface area contributed by atoms with Gasteiger partial charge in [-0.2, -0.15) is 13.2 Å². The second kappa shape index (κ2) is 10.3. The maximum absolute atomic E-state index is 13.2. The smallest absolute Gasteiger partial charge is 0.418 e. The van der Waals surface area contributed by atoms with Crippen molar-refractivity contribution in [2.24, 2.45) is 0 Å². The van der Waals surface area contributed by atoms with Gasteiger partial charge in [-0.3, -0.25) is 4.79 Å². The van der Waals surface area contributed by atoms with Gasteiger partial charge < -0.3 is 10.1 Å². The number of benzene rings is 2. The summed E-state index contributed by atoms with van der Waals surface area (Å²) < 4.78 is 72.9. The van der Waals surface area contributed by atoms with Crippen LogP contribution in [-0.4, -0.2) is 27.0 Å². The number of sulfonamides is 1. The number of anilines is 1. The molecule has 180 valence electrons. The highest BCUT2D eigenvalue weighted by Crippen LogP contribution is 2.36. The Balaban J connectivity index is 1.64. The molecule has 0 radical (unpaired) electrons. The lowest BCUT2D eigenvalue weighted by Gasteiger charge is -2.22. The Morgan fingerprint density at radius 3 is 2.45 bits per heavy atom. The Kier molecular flexibility index (Phi) is 7.92. The van der Waals surface area contributed by atoms with E-state index in [1.165, 1.54) is 24.3 Å². The third-order valence-corrected chi connectivity index (χ3v) is 7.06. The molecule has 1 aliphatic rings. The molecule has 0 aromatic heterocycles. The van der Waals surface area contributed by atoms with E-state index in [1.807, 2.05) is 0 Å². The number of carbonyl (C=O) groups is 1. The Hall–Kier alpha value is -2.30. The topological polar surface area (TPSA) is 84.5 Å². The first-order chi connectivity index (χ1) is 15.5. The third kappa shape index (κ3) is 6.84. The Morgan fingerprint density at radius 1 is 1.12 bits per heavy atom. The van der Waals surface area contributed by atoms with Crippen molar-refractivity contribution in [3.63, 3.8) is 0 Å². The summed E-state index contributed by atoms with van der Waals surface area (Å²) in [4.78, 5) is 12.2. The Morgan fingerprint density at radius 2 is 1.82 bits per heavy atom. The highest BCUT2D eigenvalue weighted by atomic mass is 35.5. The number of amides is 1. The predicted octanol–water partition coefficient (Wildman–Crippen LogP) is 5.30. The lowest BCUT2D eigenvalue weighted by atomic mass is 9.96. The Bertz CT molecular complexity index is 1120. The van der Waals surface area contributed by atoms with Gasteiger partial charge in [0.2, 0.25) is 10.0 Å². The Labute approximate surface area is 195 Å². The van der Waals surface area contributed by atoms with E-state index >= 15 is 0 Å². The van der Waals surface area contributed by atoms with Crippen molar-refractivity contribution in [1.29, 1.82) is 0 Å². The number of rotatable bonds is 7. The summed E-state index contributed by atoms with van der Waals surface area (Å²) in [6.45, 7) is 1.06. The lowest BCUT2D eigenvalue weighted by molar-refractivity contribution is -0.137. The van der Waals surface area contributed by atoms with Crippen LogP contribution in [0.3, 0.4) is 0 Å². The van der Waals surface area contributed by atoms with E-state index in [4.69, 9.17) is 16.3 Å². The first-order valence-corrected chi connectivity index (χ1v) is 12.2. The molecule has 1 amide bonds. The van der Waals surface area contributed by atoms with Gasteiger partial charge in [0.25, 0.3) is 5.91 Å². The normalized spacial score (nSPS) is 15.3. The zero-order chi connectivity index (χ0) is 24.2. The first kappa shape index (κ1) is 25.3. The standard InChI is InChI=1S/C22H24ClF3N2O4S/c1-14-11-17(33(30,31)28-16-5-3-2-4-6-16)8-10-20(14)32-13-21(29)27-19-9-7-15(23)12-18(19)22(24,25)26/h7-12,16,28H,2-6,13H2,1H3,(H,27,29). The lowest BCUT2D eigenvalue weighted by Crippen LogP contribution is -2.36. The van der Waals surface area contributed by atoms with Crippen molar-refractivity contribution >= 4 is 33.2 Å². The van der Waals surface area contributed by atoms with Gasteiger partial charge in [0.1, 0.15) is 5.75 Å². The second-order valence-electron chi connectivity index (χ2n) is 7.91. The van der Waals surface area contributed by atoms with Crippen molar-refractivity contribution in [1.82, 2.24) is 4.72 Å². The monoisotopic (exact) mass is 504 g/mol. The molecule has 0 heterocycles. The molecule has 0 atom stereocenters. The maximum atomic E-state index is 13.2. The fraction of sp³-hybridized carbons (Fsp3) is 0.409. The molecule has 2 aromatic carbocycles. The average molecular weight is 505 g/mol. The summed E-state index contributed by atoms with van der Waals surface area (Å²) in [5.74, 6) is -0.563. The van der Waals surface area contributed by atoms with Gasteiger partial charge in [0.15, 0.2) is 6.61 Å². The van der Waals surface area contributed by atoms with E-state index in [2.05, 4.69) is 10.0 Å². The molecular formula is C22H24ClF3N2O4S. The summed E-state index contributed by atoms with van der Waals surface area (Å²) in [5, 5.41) is 2.06. The van der Waals surface area contributed by atoms with Crippen molar-refractivity contribution < 1.29 is 31.1 Å². The molecule has 1 fully saturated rings. The molecule has 0 unspecified atom stereocenters. The third-order valence-electron chi connectivity index (χ3n) is 5.30. The van der Waals surface area contributed by atoms with Gasteiger partial charge in [0.05, 0.1) is 16.1 Å². The fourth-order valence-corrected chi connectivity index (χ4v) is 5.21. The molecule has 0 spiro atoms. The molecular weight excluding hydrogens is 481 g/mol. The SMILES string of the molecule is Cc1cc(S(=O)(=O)NC2CCCCC2)ccc1OCC(=O)Nc1ccc(Cl)cc1C(F)(F)F. The van der Waals surface area contributed by atoms with Gasteiger partial charge in [-0.05, 0) is 61.7 Å². The van der Waals surface area contributed by atoms with E-state index in [9.17, 15) is 26.4 Å². The molecule has 33 heavy (non-hydrogen) atoms. The zero-order valence-electron chi connectivity index (χ0n) is 17.8. The van der Waals surface area contributed by atoms with Crippen LogP contribution in [0, 0.1) is 6.92 Å². The average Bonchev–Trinajstić information content (AvgIpc) is 2.73. The van der Waals surface area contributed by atoms with E-state index in [-0.39, 0.29) is 21.7 Å². The van der Waals surface area contributed by atoms with Crippen LogP contribution in [0.15, 0.2) is 41.3 Å². The summed E-state index contributed by atoms with van der Waals surface area (Å²) in [5.41, 5.74) is -1.04. The quantitative estimate of drug-likeness (QED) is 0.536. The summed E-state index contributed by atoms with van der Waals surface area (Å²) >= 11 is 5.63. The molecule has 2 aromatic rings. The van der Waals surface area contributed by atoms with E-state index in [0.29, 0.717) is 5.56 Å². The highest BCUT2D eigenvalue weighted by molar-refractivity contribution is 7.89. The van der Waals surface area contributed by atoms with E-state index < -0.39 is 40.0 Å². The number of carbonyl (C=O) groups excluding carboxylic acids is 1. The maximum Gasteiger partial charge on any atom is 0.418 e. The van der Waals surface area contributed by atoms with Gasteiger partial charge in [-0.15, -0.1) is 0 Å². The van der Waals surface area contributed by atoms with Gasteiger partial charge in [-0.1, -0.05) is 30.9 Å². The van der Waals surface area contributed by atoms with Crippen LogP contribution >= 0.6 is 11.6 Å². The number of aryl methyl sites for hydroxylation is 1. The molecule has 0 saturated heterocycles. The minimum Gasteiger partial charge on any atom is -0.483 e. The molecule has 0 bridgehead atoms. The second-order valence-corrected chi connectivity index (χ2v) is 10.1. The number of hydrogen-bond acceptors (Lipinski definition) is 4. The number of hydrogen-bond donors (Lipinski definition) is 2. The molecule has 2 N–H and O–H groups in total. The number of halogens is 4. The zero-order valence-corrected chi connectivity index (χ0v) is 19.4. The molecule has 3 rings (SSSR count). The van der Waals surface area contributed by atoms with E-state index in [0.717, 1.165) is 44.2 Å². The number of nitrogens with one attached hydrogen (secondary N) is 2.